The van der Waals surface area contributed by atoms with Crippen LogP contribution in [0.1, 0.15) is 11.3 Å². The molecule has 0 spiro atoms. The van der Waals surface area contributed by atoms with Gasteiger partial charge in [0.25, 0.3) is 0 Å². The van der Waals surface area contributed by atoms with Crippen LogP contribution in [0.25, 0.3) is 0 Å². The topological polar surface area (TPSA) is 43.8 Å². The highest BCUT2D eigenvalue weighted by atomic mass is 19.1. The highest BCUT2D eigenvalue weighted by Crippen LogP contribution is 2.12. The van der Waals surface area contributed by atoms with E-state index in [4.69, 9.17) is 5.73 Å². The average molecular weight is 205 g/mol. The largest absolute Gasteiger partial charge is 0.384 e. The van der Waals surface area contributed by atoms with Crippen LogP contribution >= 0.6 is 0 Å². The van der Waals surface area contributed by atoms with E-state index < -0.39 is 0 Å². The van der Waals surface area contributed by atoms with Crippen molar-refractivity contribution in [2.45, 2.75) is 13.5 Å². The van der Waals surface area contributed by atoms with Crippen molar-refractivity contribution in [1.29, 1.82) is 0 Å². The van der Waals surface area contributed by atoms with Crippen molar-refractivity contribution >= 4 is 5.82 Å². The van der Waals surface area contributed by atoms with Crippen molar-refractivity contribution in [2.75, 3.05) is 5.73 Å². The van der Waals surface area contributed by atoms with E-state index in [2.05, 4.69) is 5.10 Å². The van der Waals surface area contributed by atoms with Gasteiger partial charge < -0.3 is 5.73 Å². The van der Waals surface area contributed by atoms with Crippen LogP contribution in [0.3, 0.4) is 0 Å². The molecule has 2 aromatic rings. The van der Waals surface area contributed by atoms with Crippen LogP contribution in [-0.4, -0.2) is 9.78 Å². The molecular formula is C11H12FN3. The molecule has 0 bridgehead atoms. The first-order chi connectivity index (χ1) is 7.16. The number of rotatable bonds is 2. The van der Waals surface area contributed by atoms with Gasteiger partial charge in [0.05, 0.1) is 12.2 Å². The SMILES string of the molecule is Cc1cc(N)n(Cc2ccccc2F)n1. The number of benzene rings is 1. The molecule has 0 saturated carbocycles. The van der Waals surface area contributed by atoms with E-state index in [1.165, 1.54) is 6.07 Å². The number of hydrogen-bond acceptors (Lipinski definition) is 2. The predicted molar refractivity (Wildman–Crippen MR) is 56.9 cm³/mol. The molecule has 4 heteroatoms. The minimum Gasteiger partial charge on any atom is -0.384 e. The fourth-order valence-corrected chi connectivity index (χ4v) is 1.48. The van der Waals surface area contributed by atoms with Crippen LogP contribution in [0, 0.1) is 12.7 Å². The van der Waals surface area contributed by atoms with Gasteiger partial charge in [-0.3, -0.25) is 0 Å². The van der Waals surface area contributed by atoms with Gasteiger partial charge in [0.2, 0.25) is 0 Å². The Hall–Kier alpha value is -1.84. The minimum absolute atomic E-state index is 0.231. The lowest BCUT2D eigenvalue weighted by molar-refractivity contribution is 0.586. The van der Waals surface area contributed by atoms with Gasteiger partial charge in [-0.2, -0.15) is 5.10 Å². The Labute approximate surface area is 87.3 Å². The molecule has 0 saturated heterocycles. The second kappa shape index (κ2) is 3.73. The third kappa shape index (κ3) is 1.98. The summed E-state index contributed by atoms with van der Waals surface area (Å²) in [7, 11) is 0. The Balaban J connectivity index is 2.29. The molecule has 1 aromatic heterocycles. The monoisotopic (exact) mass is 205 g/mol. The van der Waals surface area contributed by atoms with Crippen LogP contribution < -0.4 is 5.73 Å². The van der Waals surface area contributed by atoms with Gasteiger partial charge in [-0.05, 0) is 13.0 Å². The quantitative estimate of drug-likeness (QED) is 0.814. The Morgan fingerprint density at radius 3 is 2.73 bits per heavy atom. The molecule has 1 aromatic carbocycles. The molecule has 0 aliphatic rings. The Morgan fingerprint density at radius 1 is 1.40 bits per heavy atom. The van der Waals surface area contributed by atoms with Gasteiger partial charge in [0.15, 0.2) is 0 Å². The van der Waals surface area contributed by atoms with E-state index in [0.29, 0.717) is 17.9 Å². The standard InChI is InChI=1S/C11H12FN3/c1-8-6-11(13)15(14-8)7-9-4-2-3-5-10(9)12/h2-6H,7,13H2,1H3. The predicted octanol–water partition coefficient (Wildman–Crippen LogP) is 1.96. The summed E-state index contributed by atoms with van der Waals surface area (Å²) >= 11 is 0. The molecule has 0 atom stereocenters. The molecule has 3 nitrogen and oxygen atoms in total. The number of anilines is 1. The average Bonchev–Trinajstić information content (AvgIpc) is 2.49. The smallest absolute Gasteiger partial charge is 0.128 e. The second-order valence-electron chi connectivity index (χ2n) is 3.46. The molecule has 2 N–H and O–H groups in total. The van der Waals surface area contributed by atoms with E-state index in [1.807, 2.05) is 6.92 Å². The van der Waals surface area contributed by atoms with E-state index in [-0.39, 0.29) is 5.82 Å². The van der Waals surface area contributed by atoms with Gasteiger partial charge >= 0.3 is 0 Å². The maximum atomic E-state index is 13.3. The fourth-order valence-electron chi connectivity index (χ4n) is 1.48. The highest BCUT2D eigenvalue weighted by molar-refractivity contribution is 5.31. The van der Waals surface area contributed by atoms with E-state index >= 15 is 0 Å². The molecule has 78 valence electrons. The summed E-state index contributed by atoms with van der Waals surface area (Å²) in [4.78, 5) is 0. The van der Waals surface area contributed by atoms with Crippen molar-refractivity contribution < 1.29 is 4.39 Å². The van der Waals surface area contributed by atoms with Gasteiger partial charge in [0.1, 0.15) is 11.6 Å². The van der Waals surface area contributed by atoms with Gasteiger partial charge in [-0.15, -0.1) is 0 Å². The zero-order valence-electron chi connectivity index (χ0n) is 8.44. The summed E-state index contributed by atoms with van der Waals surface area (Å²) < 4.78 is 14.9. The molecule has 2 rings (SSSR count). The first kappa shape index (κ1) is 9.71. The van der Waals surface area contributed by atoms with Crippen LogP contribution in [0.15, 0.2) is 30.3 Å². The first-order valence-electron chi connectivity index (χ1n) is 4.70. The van der Waals surface area contributed by atoms with Gasteiger partial charge in [0, 0.05) is 11.6 Å². The lowest BCUT2D eigenvalue weighted by Gasteiger charge is -2.04. The Kier molecular flexibility index (Phi) is 2.41. The van der Waals surface area contributed by atoms with E-state index in [1.54, 1.807) is 28.9 Å². The molecule has 0 radical (unpaired) electrons. The number of nitrogen functional groups attached to an aromatic ring is 1. The zero-order valence-corrected chi connectivity index (χ0v) is 8.44. The van der Waals surface area contributed by atoms with Crippen LogP contribution in [0.2, 0.25) is 0 Å². The molecule has 0 unspecified atom stereocenters. The van der Waals surface area contributed by atoms with Crippen molar-refractivity contribution in [3.63, 3.8) is 0 Å². The summed E-state index contributed by atoms with van der Waals surface area (Å²) in [5.74, 6) is 0.320. The van der Waals surface area contributed by atoms with Crippen LogP contribution in [0.4, 0.5) is 10.2 Å². The third-order valence-electron chi connectivity index (χ3n) is 2.21. The normalized spacial score (nSPS) is 10.5. The summed E-state index contributed by atoms with van der Waals surface area (Å²) in [6, 6.07) is 8.38. The van der Waals surface area contributed by atoms with Crippen molar-refractivity contribution in [1.82, 2.24) is 9.78 Å². The third-order valence-corrected chi connectivity index (χ3v) is 2.21. The molecule has 0 aliphatic carbocycles. The first-order valence-corrected chi connectivity index (χ1v) is 4.70. The summed E-state index contributed by atoms with van der Waals surface area (Å²) in [5, 5.41) is 4.17. The number of hydrogen-bond donors (Lipinski definition) is 1. The van der Waals surface area contributed by atoms with E-state index in [9.17, 15) is 4.39 Å². The van der Waals surface area contributed by atoms with Gasteiger partial charge in [-0.25, -0.2) is 9.07 Å². The molecule has 15 heavy (non-hydrogen) atoms. The van der Waals surface area contributed by atoms with E-state index in [0.717, 1.165) is 5.69 Å². The lowest BCUT2D eigenvalue weighted by Crippen LogP contribution is -2.07. The second-order valence-corrected chi connectivity index (χ2v) is 3.46. The number of aryl methyl sites for hydroxylation is 1. The number of aromatic nitrogens is 2. The van der Waals surface area contributed by atoms with Crippen LogP contribution in [-0.2, 0) is 6.54 Å². The summed E-state index contributed by atoms with van der Waals surface area (Å²) in [6.07, 6.45) is 0. The summed E-state index contributed by atoms with van der Waals surface area (Å²) in [6.45, 7) is 2.22. The number of halogens is 1. The Morgan fingerprint density at radius 2 is 2.13 bits per heavy atom. The van der Waals surface area contributed by atoms with Crippen molar-refractivity contribution in [2.24, 2.45) is 0 Å². The fraction of sp³-hybridized carbons (Fsp3) is 0.182. The van der Waals surface area contributed by atoms with Crippen molar-refractivity contribution in [3.05, 3.63) is 47.4 Å². The number of nitrogens with zero attached hydrogens (tertiary/aromatic N) is 2. The van der Waals surface area contributed by atoms with Crippen LogP contribution in [0.5, 0.6) is 0 Å². The van der Waals surface area contributed by atoms with Gasteiger partial charge in [-0.1, -0.05) is 18.2 Å². The Bertz CT molecular complexity index is 476. The van der Waals surface area contributed by atoms with Crippen molar-refractivity contribution in [3.8, 4) is 0 Å². The number of nitrogens with two attached hydrogens (primary N) is 1. The maximum Gasteiger partial charge on any atom is 0.128 e. The molecule has 0 amide bonds. The molecular weight excluding hydrogens is 193 g/mol. The highest BCUT2D eigenvalue weighted by Gasteiger charge is 2.05. The molecule has 0 fully saturated rings. The lowest BCUT2D eigenvalue weighted by atomic mass is 10.2. The zero-order chi connectivity index (χ0) is 10.8. The minimum atomic E-state index is -0.231. The molecule has 1 heterocycles. The molecule has 0 aliphatic heterocycles. The summed E-state index contributed by atoms with van der Waals surface area (Å²) in [5.41, 5.74) is 7.14. The maximum absolute atomic E-state index is 13.3.